The van der Waals surface area contributed by atoms with Crippen LogP contribution in [0.15, 0.2) is 72.8 Å². The first-order chi connectivity index (χ1) is 14.8. The fourth-order valence-corrected chi connectivity index (χ4v) is 4.16. The van der Waals surface area contributed by atoms with Gasteiger partial charge >= 0.3 is 0 Å². The summed E-state index contributed by atoms with van der Waals surface area (Å²) in [5.41, 5.74) is 7.79. The monoisotopic (exact) mass is 400 g/mol. The summed E-state index contributed by atoms with van der Waals surface area (Å²) in [5.74, 6) is 3.26. The number of nitrogens with zero attached hydrogens (tertiary/aromatic N) is 1. The van der Waals surface area contributed by atoms with Crippen molar-refractivity contribution in [1.29, 1.82) is 0 Å². The quantitative estimate of drug-likeness (QED) is 0.703. The van der Waals surface area contributed by atoms with E-state index in [0.29, 0.717) is 0 Å². The van der Waals surface area contributed by atoms with Gasteiger partial charge in [-0.2, -0.15) is 5.01 Å². The summed E-state index contributed by atoms with van der Waals surface area (Å²) in [4.78, 5) is 0. The molecule has 30 heavy (non-hydrogen) atoms. The summed E-state index contributed by atoms with van der Waals surface area (Å²) < 4.78 is 22.7. The number of methoxy groups -OCH3 is 1. The highest BCUT2D eigenvalue weighted by Gasteiger charge is 2.40. The third kappa shape index (κ3) is 2.69. The number of nitrogens with one attached hydrogen (secondary N) is 1. The normalized spacial score (nSPS) is 21.2. The van der Waals surface area contributed by atoms with Gasteiger partial charge in [-0.15, -0.1) is 0 Å². The van der Waals surface area contributed by atoms with Gasteiger partial charge in [0.1, 0.15) is 11.5 Å². The maximum absolute atomic E-state index is 6.41. The second-order valence-electron chi connectivity index (χ2n) is 7.39. The molecule has 2 atom stereocenters. The van der Waals surface area contributed by atoms with Crippen LogP contribution in [-0.4, -0.2) is 18.9 Å². The first-order valence-corrected chi connectivity index (χ1v) is 9.86. The van der Waals surface area contributed by atoms with Crippen molar-refractivity contribution in [3.8, 4) is 23.0 Å². The zero-order valence-electron chi connectivity index (χ0n) is 16.4. The Morgan fingerprint density at radius 2 is 1.77 bits per heavy atom. The Hall–Kier alpha value is -3.64. The summed E-state index contributed by atoms with van der Waals surface area (Å²) in [7, 11) is 1.67. The second-order valence-corrected chi connectivity index (χ2v) is 7.39. The van der Waals surface area contributed by atoms with Crippen LogP contribution >= 0.6 is 0 Å². The first kappa shape index (κ1) is 17.2. The van der Waals surface area contributed by atoms with Crippen LogP contribution in [0.4, 0.5) is 0 Å². The van der Waals surface area contributed by atoms with E-state index in [1.165, 1.54) is 0 Å². The van der Waals surface area contributed by atoms with E-state index in [-0.39, 0.29) is 19.1 Å². The molecule has 0 saturated carbocycles. The van der Waals surface area contributed by atoms with Crippen LogP contribution in [0.3, 0.4) is 0 Å². The van der Waals surface area contributed by atoms with Gasteiger partial charge in [0.25, 0.3) is 0 Å². The number of hydrogen-bond acceptors (Lipinski definition) is 6. The molecule has 3 heterocycles. The predicted octanol–water partition coefficient (Wildman–Crippen LogP) is 4.42. The molecule has 0 saturated heterocycles. The molecule has 6 nitrogen and oxygen atoms in total. The first-order valence-electron chi connectivity index (χ1n) is 9.86. The molecule has 0 aliphatic carbocycles. The van der Waals surface area contributed by atoms with Crippen LogP contribution in [0.25, 0.3) is 5.70 Å². The number of hydrazine groups is 1. The van der Waals surface area contributed by atoms with Crippen molar-refractivity contribution >= 4 is 5.70 Å². The summed E-state index contributed by atoms with van der Waals surface area (Å²) >= 11 is 0. The molecule has 3 aromatic carbocycles. The van der Waals surface area contributed by atoms with Gasteiger partial charge in [0.2, 0.25) is 6.79 Å². The largest absolute Gasteiger partial charge is 0.497 e. The fourth-order valence-electron chi connectivity index (χ4n) is 4.16. The predicted molar refractivity (Wildman–Crippen MR) is 111 cm³/mol. The Balaban J connectivity index is 1.39. The van der Waals surface area contributed by atoms with Crippen LogP contribution < -0.4 is 24.4 Å². The average molecular weight is 400 g/mol. The highest BCUT2D eigenvalue weighted by molar-refractivity contribution is 5.70. The molecule has 0 bridgehead atoms. The van der Waals surface area contributed by atoms with E-state index in [0.717, 1.165) is 45.4 Å². The Labute approximate surface area is 174 Å². The third-order valence-corrected chi connectivity index (χ3v) is 5.69. The average Bonchev–Trinajstić information content (AvgIpc) is 3.45. The van der Waals surface area contributed by atoms with Gasteiger partial charge in [0.05, 0.1) is 18.8 Å². The Bertz CT molecular complexity index is 1140. The SMILES string of the molecule is COc1ccc([C@@H]2Oc3ccccc3[C@H]3C=C(c4ccc5c(c4)OCO5)NN32)cc1. The topological polar surface area (TPSA) is 52.2 Å². The van der Waals surface area contributed by atoms with E-state index in [1.807, 2.05) is 60.7 Å². The van der Waals surface area contributed by atoms with Crippen molar-refractivity contribution in [2.24, 2.45) is 0 Å². The molecule has 3 aromatic rings. The number of hydrogen-bond donors (Lipinski definition) is 1. The summed E-state index contributed by atoms with van der Waals surface area (Å²) in [5, 5.41) is 2.14. The van der Waals surface area contributed by atoms with E-state index < -0.39 is 0 Å². The molecule has 0 radical (unpaired) electrons. The molecule has 6 heteroatoms. The minimum Gasteiger partial charge on any atom is -0.497 e. The van der Waals surface area contributed by atoms with Gasteiger partial charge in [-0.3, -0.25) is 0 Å². The van der Waals surface area contributed by atoms with Crippen LogP contribution in [0.1, 0.15) is 29.0 Å². The lowest BCUT2D eigenvalue weighted by Crippen LogP contribution is -2.43. The highest BCUT2D eigenvalue weighted by atomic mass is 16.7. The smallest absolute Gasteiger partial charge is 0.231 e. The van der Waals surface area contributed by atoms with Crippen LogP contribution in [0, 0.1) is 0 Å². The van der Waals surface area contributed by atoms with Crippen LogP contribution in [-0.2, 0) is 0 Å². The van der Waals surface area contributed by atoms with Crippen molar-refractivity contribution < 1.29 is 18.9 Å². The Morgan fingerprint density at radius 3 is 2.63 bits per heavy atom. The number of fused-ring (bicyclic) bond motifs is 4. The van der Waals surface area contributed by atoms with Crippen molar-refractivity contribution in [2.75, 3.05) is 13.9 Å². The van der Waals surface area contributed by atoms with E-state index in [9.17, 15) is 0 Å². The van der Waals surface area contributed by atoms with Crippen LogP contribution in [0.2, 0.25) is 0 Å². The third-order valence-electron chi connectivity index (χ3n) is 5.69. The molecule has 0 fully saturated rings. The standard InChI is InChI=1S/C24H20N2O4/c1-27-17-9-6-15(7-10-17)24-26-20(18-4-2-3-5-21(18)30-24)13-19(25-26)16-8-11-22-23(12-16)29-14-28-22/h2-13,20,24-25H,14H2,1H3/t20-,24+/m1/s1. The fraction of sp³-hybridized carbons (Fsp3) is 0.167. The maximum atomic E-state index is 6.41. The van der Waals surface area contributed by atoms with Gasteiger partial charge in [0.15, 0.2) is 17.7 Å². The zero-order chi connectivity index (χ0) is 20.1. The molecule has 3 aliphatic heterocycles. The minimum atomic E-state index is -0.279. The van der Waals surface area contributed by atoms with Gasteiger partial charge in [-0.05, 0) is 42.5 Å². The maximum Gasteiger partial charge on any atom is 0.231 e. The Kier molecular flexibility index (Phi) is 3.86. The Morgan fingerprint density at radius 1 is 0.933 bits per heavy atom. The number of benzene rings is 3. The molecule has 150 valence electrons. The van der Waals surface area contributed by atoms with E-state index in [1.54, 1.807) is 7.11 Å². The van der Waals surface area contributed by atoms with E-state index in [2.05, 4.69) is 22.6 Å². The molecular weight excluding hydrogens is 380 g/mol. The van der Waals surface area contributed by atoms with Crippen molar-refractivity contribution in [1.82, 2.24) is 10.4 Å². The molecular formula is C24H20N2O4. The van der Waals surface area contributed by atoms with Crippen molar-refractivity contribution in [3.05, 3.63) is 89.5 Å². The van der Waals surface area contributed by atoms with Gasteiger partial charge < -0.3 is 24.4 Å². The lowest BCUT2D eigenvalue weighted by Gasteiger charge is -2.39. The molecule has 6 rings (SSSR count). The molecule has 0 amide bonds. The van der Waals surface area contributed by atoms with Gasteiger partial charge in [-0.25, -0.2) is 0 Å². The lowest BCUT2D eigenvalue weighted by atomic mass is 10.0. The number of para-hydroxylation sites is 1. The zero-order valence-corrected chi connectivity index (χ0v) is 16.4. The summed E-state index contributed by atoms with van der Waals surface area (Å²) in [6, 6.07) is 22.2. The van der Waals surface area contributed by atoms with Crippen molar-refractivity contribution in [2.45, 2.75) is 12.3 Å². The van der Waals surface area contributed by atoms with E-state index in [4.69, 9.17) is 18.9 Å². The van der Waals surface area contributed by atoms with Gasteiger partial charge in [0, 0.05) is 16.7 Å². The summed E-state index contributed by atoms with van der Waals surface area (Å²) in [6.07, 6.45) is 1.95. The number of rotatable bonds is 3. The summed E-state index contributed by atoms with van der Waals surface area (Å²) in [6.45, 7) is 0.265. The van der Waals surface area contributed by atoms with E-state index >= 15 is 0 Å². The van der Waals surface area contributed by atoms with Crippen LogP contribution in [0.5, 0.6) is 23.0 Å². The second kappa shape index (κ2) is 6.71. The molecule has 3 aliphatic rings. The lowest BCUT2D eigenvalue weighted by molar-refractivity contribution is -0.0326. The molecule has 0 unspecified atom stereocenters. The van der Waals surface area contributed by atoms with Gasteiger partial charge in [-0.1, -0.05) is 30.3 Å². The molecule has 0 aromatic heterocycles. The molecule has 1 N–H and O–H groups in total. The highest BCUT2D eigenvalue weighted by Crippen LogP contribution is 2.46. The minimum absolute atomic E-state index is 0.0440. The molecule has 0 spiro atoms. The number of ether oxygens (including phenoxy) is 4. The van der Waals surface area contributed by atoms with Crippen molar-refractivity contribution in [3.63, 3.8) is 0 Å².